The Morgan fingerprint density at radius 3 is 2.30 bits per heavy atom. The van der Waals surface area contributed by atoms with Crippen LogP contribution in [0.5, 0.6) is 0 Å². The minimum atomic E-state index is -0.0437. The molecule has 0 radical (unpaired) electrons. The summed E-state index contributed by atoms with van der Waals surface area (Å²) in [5.41, 5.74) is 2.32. The third kappa shape index (κ3) is 5.49. The first kappa shape index (κ1) is 17.2. The number of hydrogen-bond donors (Lipinski definition) is 1. The van der Waals surface area contributed by atoms with E-state index in [1.54, 1.807) is 24.3 Å². The molecule has 2 aromatic carbocycles. The van der Waals surface area contributed by atoms with Crippen molar-refractivity contribution in [2.45, 2.75) is 19.8 Å². The molecule has 1 N–H and O–H groups in total. The maximum absolute atomic E-state index is 12.1. The Morgan fingerprint density at radius 2 is 1.70 bits per heavy atom. The highest BCUT2D eigenvalue weighted by Gasteiger charge is 2.02. The second-order valence-electron chi connectivity index (χ2n) is 5.12. The van der Waals surface area contributed by atoms with Crippen molar-refractivity contribution in [2.24, 2.45) is 0 Å². The summed E-state index contributed by atoms with van der Waals surface area (Å²) in [6.45, 7) is 1.97. The summed E-state index contributed by atoms with van der Waals surface area (Å²) >= 11 is 3.34. The van der Waals surface area contributed by atoms with Crippen LogP contribution in [0.3, 0.4) is 0 Å². The van der Waals surface area contributed by atoms with E-state index in [1.807, 2.05) is 43.3 Å². The van der Waals surface area contributed by atoms with E-state index in [1.165, 1.54) is 0 Å². The van der Waals surface area contributed by atoms with Gasteiger partial charge in [-0.2, -0.15) is 0 Å². The van der Waals surface area contributed by atoms with Crippen LogP contribution in [0.15, 0.2) is 59.1 Å². The van der Waals surface area contributed by atoms with Crippen LogP contribution in [-0.4, -0.2) is 11.7 Å². The second kappa shape index (κ2) is 8.44. The van der Waals surface area contributed by atoms with Crippen LogP contribution in [0, 0.1) is 0 Å². The van der Waals surface area contributed by atoms with Crippen molar-refractivity contribution in [3.8, 4) is 0 Å². The number of halogens is 1. The Hall–Kier alpha value is -2.20. The van der Waals surface area contributed by atoms with Crippen molar-refractivity contribution in [1.29, 1.82) is 0 Å². The van der Waals surface area contributed by atoms with Crippen molar-refractivity contribution < 1.29 is 9.59 Å². The van der Waals surface area contributed by atoms with Gasteiger partial charge in [-0.25, -0.2) is 0 Å². The highest BCUT2D eigenvalue weighted by atomic mass is 79.9. The predicted molar refractivity (Wildman–Crippen MR) is 97.5 cm³/mol. The van der Waals surface area contributed by atoms with E-state index in [0.29, 0.717) is 12.0 Å². The van der Waals surface area contributed by atoms with Crippen LogP contribution >= 0.6 is 15.9 Å². The standard InChI is InChI=1S/C19H18BrNO2/c1-2-3-19(23)21-17-11-4-14(5-12-17)6-13-18(22)15-7-9-16(20)10-8-15/h4-13H,2-3H2,1H3,(H,21,23)/b13-6-. The molecular formula is C19H18BrNO2. The van der Waals surface area contributed by atoms with Crippen LogP contribution in [0.4, 0.5) is 5.69 Å². The summed E-state index contributed by atoms with van der Waals surface area (Å²) < 4.78 is 0.943. The molecule has 3 nitrogen and oxygen atoms in total. The number of amides is 1. The number of nitrogens with one attached hydrogen (secondary N) is 1. The highest BCUT2D eigenvalue weighted by molar-refractivity contribution is 9.10. The summed E-state index contributed by atoms with van der Waals surface area (Å²) in [4.78, 5) is 23.6. The normalized spacial score (nSPS) is 10.7. The number of anilines is 1. The van der Waals surface area contributed by atoms with Crippen LogP contribution in [0.1, 0.15) is 35.7 Å². The molecule has 0 spiro atoms. The Morgan fingerprint density at radius 1 is 1.04 bits per heavy atom. The van der Waals surface area contributed by atoms with Crippen molar-refractivity contribution in [1.82, 2.24) is 0 Å². The largest absolute Gasteiger partial charge is 0.326 e. The molecule has 0 aliphatic rings. The van der Waals surface area contributed by atoms with Gasteiger partial charge < -0.3 is 5.32 Å². The van der Waals surface area contributed by atoms with E-state index >= 15 is 0 Å². The van der Waals surface area contributed by atoms with Gasteiger partial charge in [-0.05, 0) is 54.5 Å². The molecule has 0 heterocycles. The summed E-state index contributed by atoms with van der Waals surface area (Å²) in [6.07, 6.45) is 4.66. The minimum Gasteiger partial charge on any atom is -0.326 e. The number of ketones is 1. The topological polar surface area (TPSA) is 46.2 Å². The summed E-state index contributed by atoms with van der Waals surface area (Å²) in [5, 5.41) is 2.83. The first-order valence-electron chi connectivity index (χ1n) is 7.46. The van der Waals surface area contributed by atoms with Crippen molar-refractivity contribution in [3.05, 3.63) is 70.2 Å². The number of rotatable bonds is 6. The van der Waals surface area contributed by atoms with Gasteiger partial charge in [0.1, 0.15) is 0 Å². The summed E-state index contributed by atoms with van der Waals surface area (Å²) in [5.74, 6) is -0.0287. The van der Waals surface area contributed by atoms with Gasteiger partial charge in [0, 0.05) is 22.1 Å². The molecular weight excluding hydrogens is 354 g/mol. The zero-order chi connectivity index (χ0) is 16.7. The lowest BCUT2D eigenvalue weighted by molar-refractivity contribution is -0.116. The van der Waals surface area contributed by atoms with E-state index < -0.39 is 0 Å². The van der Waals surface area contributed by atoms with Crippen molar-refractivity contribution in [2.75, 3.05) is 5.32 Å². The molecule has 0 aliphatic heterocycles. The lowest BCUT2D eigenvalue weighted by Crippen LogP contribution is -2.10. The monoisotopic (exact) mass is 371 g/mol. The maximum Gasteiger partial charge on any atom is 0.224 e. The maximum atomic E-state index is 12.1. The molecule has 0 atom stereocenters. The first-order chi connectivity index (χ1) is 11.1. The number of carbonyl (C=O) groups is 2. The van der Waals surface area contributed by atoms with E-state index in [4.69, 9.17) is 0 Å². The van der Waals surface area contributed by atoms with Gasteiger partial charge in [-0.15, -0.1) is 0 Å². The Bertz CT molecular complexity index is 703. The van der Waals surface area contributed by atoms with Gasteiger partial charge in [0.2, 0.25) is 5.91 Å². The number of hydrogen-bond acceptors (Lipinski definition) is 2. The van der Waals surface area contributed by atoms with Gasteiger partial charge in [0.05, 0.1) is 0 Å². The SMILES string of the molecule is CCCC(=O)Nc1ccc(/C=C\C(=O)c2ccc(Br)cc2)cc1. The molecule has 4 heteroatoms. The van der Waals surface area contributed by atoms with Gasteiger partial charge >= 0.3 is 0 Å². The van der Waals surface area contributed by atoms with Gasteiger partial charge in [-0.3, -0.25) is 9.59 Å². The number of benzene rings is 2. The van der Waals surface area contributed by atoms with Gasteiger partial charge in [0.15, 0.2) is 5.78 Å². The number of allylic oxidation sites excluding steroid dienone is 1. The van der Waals surface area contributed by atoms with Crippen LogP contribution in [0.25, 0.3) is 6.08 Å². The molecule has 1 amide bonds. The number of carbonyl (C=O) groups excluding carboxylic acids is 2. The van der Waals surface area contributed by atoms with Gasteiger partial charge in [-0.1, -0.05) is 41.1 Å². The van der Waals surface area contributed by atoms with Crippen LogP contribution < -0.4 is 5.32 Å². The van der Waals surface area contributed by atoms with Crippen molar-refractivity contribution >= 4 is 39.4 Å². The van der Waals surface area contributed by atoms with E-state index in [9.17, 15) is 9.59 Å². The quantitative estimate of drug-likeness (QED) is 0.568. The Labute approximate surface area is 144 Å². The average Bonchev–Trinajstić information content (AvgIpc) is 2.55. The van der Waals surface area contributed by atoms with Crippen molar-refractivity contribution in [3.63, 3.8) is 0 Å². The zero-order valence-corrected chi connectivity index (χ0v) is 14.5. The third-order valence-electron chi connectivity index (χ3n) is 3.23. The molecule has 2 aromatic rings. The van der Waals surface area contributed by atoms with Crippen LogP contribution in [-0.2, 0) is 4.79 Å². The molecule has 0 bridgehead atoms. The minimum absolute atomic E-state index is 0.0150. The van der Waals surface area contributed by atoms with E-state index in [-0.39, 0.29) is 11.7 Å². The van der Waals surface area contributed by atoms with Gasteiger partial charge in [0.25, 0.3) is 0 Å². The molecule has 0 saturated carbocycles. The lowest BCUT2D eigenvalue weighted by Gasteiger charge is -2.04. The second-order valence-corrected chi connectivity index (χ2v) is 6.04. The summed E-state index contributed by atoms with van der Waals surface area (Å²) in [7, 11) is 0. The zero-order valence-electron chi connectivity index (χ0n) is 12.9. The fraction of sp³-hybridized carbons (Fsp3) is 0.158. The third-order valence-corrected chi connectivity index (χ3v) is 3.76. The first-order valence-corrected chi connectivity index (χ1v) is 8.25. The highest BCUT2D eigenvalue weighted by Crippen LogP contribution is 2.14. The molecule has 0 unspecified atom stereocenters. The molecule has 118 valence electrons. The average molecular weight is 372 g/mol. The molecule has 2 rings (SSSR count). The molecule has 0 fully saturated rings. The molecule has 23 heavy (non-hydrogen) atoms. The predicted octanol–water partition coefficient (Wildman–Crippen LogP) is 5.08. The Balaban J connectivity index is 1.98. The molecule has 0 aromatic heterocycles. The fourth-order valence-electron chi connectivity index (χ4n) is 2.01. The molecule has 0 aliphatic carbocycles. The Kier molecular flexibility index (Phi) is 6.29. The smallest absolute Gasteiger partial charge is 0.224 e. The molecule has 0 saturated heterocycles. The summed E-state index contributed by atoms with van der Waals surface area (Å²) in [6, 6.07) is 14.6. The lowest BCUT2D eigenvalue weighted by atomic mass is 10.1. The van der Waals surface area contributed by atoms with Crippen LogP contribution in [0.2, 0.25) is 0 Å². The van der Waals surface area contributed by atoms with E-state index in [0.717, 1.165) is 22.1 Å². The fourth-order valence-corrected chi connectivity index (χ4v) is 2.27. The van der Waals surface area contributed by atoms with E-state index in [2.05, 4.69) is 21.2 Å².